The lowest BCUT2D eigenvalue weighted by atomic mass is 10.2. The molecule has 7 heteroatoms. The van der Waals surface area contributed by atoms with Crippen LogP contribution in [0.4, 0.5) is 0 Å². The molecule has 1 aliphatic heterocycles. The van der Waals surface area contributed by atoms with Gasteiger partial charge in [-0.3, -0.25) is 4.21 Å². The topological polar surface area (TPSA) is 75.6 Å². The van der Waals surface area contributed by atoms with E-state index < -0.39 is 20.8 Å². The molecule has 2 rings (SSSR count). The van der Waals surface area contributed by atoms with E-state index in [4.69, 9.17) is 0 Å². The van der Waals surface area contributed by atoms with Crippen molar-refractivity contribution < 1.29 is 12.6 Å². The first-order valence-electron chi connectivity index (χ1n) is 5.96. The van der Waals surface area contributed by atoms with E-state index in [0.29, 0.717) is 24.3 Å². The Labute approximate surface area is 115 Å². The van der Waals surface area contributed by atoms with E-state index in [9.17, 15) is 12.6 Å². The molecule has 104 valence electrons. The average Bonchev–Trinajstić information content (AvgIpc) is 2.39. The van der Waals surface area contributed by atoms with Gasteiger partial charge >= 0.3 is 0 Å². The highest BCUT2D eigenvalue weighted by Gasteiger charge is 2.16. The van der Waals surface area contributed by atoms with Gasteiger partial charge in [0.25, 0.3) is 10.0 Å². The van der Waals surface area contributed by atoms with Crippen LogP contribution in [-0.4, -0.2) is 29.8 Å². The van der Waals surface area contributed by atoms with E-state index in [1.807, 2.05) is 6.92 Å². The largest absolute Gasteiger partial charge is 0.276 e. The van der Waals surface area contributed by atoms with Crippen molar-refractivity contribution >= 4 is 26.5 Å². The van der Waals surface area contributed by atoms with Gasteiger partial charge in [-0.1, -0.05) is 17.7 Å². The lowest BCUT2D eigenvalue weighted by Crippen LogP contribution is -2.24. The Kier molecular flexibility index (Phi) is 4.36. The molecule has 1 aromatic carbocycles. The zero-order chi connectivity index (χ0) is 13.9. The second-order valence-electron chi connectivity index (χ2n) is 4.43. The average molecular weight is 300 g/mol. The molecule has 1 aromatic rings. The lowest BCUT2D eigenvalue weighted by Gasteiger charge is -2.12. The van der Waals surface area contributed by atoms with Crippen molar-refractivity contribution in [1.29, 1.82) is 0 Å². The summed E-state index contributed by atoms with van der Waals surface area (Å²) in [6.07, 6.45) is 1.17. The van der Waals surface area contributed by atoms with Gasteiger partial charge in [0.2, 0.25) is 0 Å². The Morgan fingerprint density at radius 1 is 1.16 bits per heavy atom. The van der Waals surface area contributed by atoms with E-state index in [2.05, 4.69) is 9.93 Å². The second-order valence-corrected chi connectivity index (χ2v) is 7.79. The summed E-state index contributed by atoms with van der Waals surface area (Å²) >= 11 is 0. The fourth-order valence-corrected chi connectivity index (χ4v) is 3.68. The number of aryl methyl sites for hydroxylation is 1. The van der Waals surface area contributed by atoms with Crippen LogP contribution in [0, 0.1) is 6.92 Å². The molecular weight excluding hydrogens is 284 g/mol. The molecule has 0 unspecified atom stereocenters. The van der Waals surface area contributed by atoms with Crippen LogP contribution >= 0.6 is 0 Å². The summed E-state index contributed by atoms with van der Waals surface area (Å²) in [5.74, 6) is 1.12. The van der Waals surface area contributed by atoms with Crippen LogP contribution < -0.4 is 4.83 Å². The quantitative estimate of drug-likeness (QED) is 0.851. The first-order valence-corrected chi connectivity index (χ1v) is 8.93. The number of sulfonamides is 1. The maximum absolute atomic E-state index is 12.0. The molecule has 1 aliphatic rings. The molecule has 0 bridgehead atoms. The van der Waals surface area contributed by atoms with Crippen molar-refractivity contribution in [1.82, 2.24) is 4.83 Å². The fraction of sp³-hybridized carbons (Fsp3) is 0.417. The van der Waals surface area contributed by atoms with Gasteiger partial charge in [-0.2, -0.15) is 13.5 Å². The molecule has 0 atom stereocenters. The summed E-state index contributed by atoms with van der Waals surface area (Å²) in [7, 11) is -4.39. The predicted molar refractivity (Wildman–Crippen MR) is 76.0 cm³/mol. The van der Waals surface area contributed by atoms with Crippen LogP contribution in [-0.2, 0) is 20.8 Å². The molecule has 0 radical (unpaired) electrons. The van der Waals surface area contributed by atoms with Crippen molar-refractivity contribution in [3.05, 3.63) is 29.8 Å². The van der Waals surface area contributed by atoms with Gasteiger partial charge < -0.3 is 0 Å². The predicted octanol–water partition coefficient (Wildman–Crippen LogP) is 1.17. The van der Waals surface area contributed by atoms with Gasteiger partial charge in [0.05, 0.1) is 4.90 Å². The minimum atomic E-state index is -3.60. The number of rotatable bonds is 3. The van der Waals surface area contributed by atoms with Gasteiger partial charge in [0.1, 0.15) is 0 Å². The van der Waals surface area contributed by atoms with Gasteiger partial charge in [0.15, 0.2) is 0 Å². The van der Waals surface area contributed by atoms with E-state index in [-0.39, 0.29) is 4.90 Å². The first kappa shape index (κ1) is 14.2. The zero-order valence-corrected chi connectivity index (χ0v) is 12.3. The van der Waals surface area contributed by atoms with E-state index in [1.165, 1.54) is 0 Å². The number of hydrazone groups is 1. The van der Waals surface area contributed by atoms with Crippen molar-refractivity contribution in [2.45, 2.75) is 24.7 Å². The smallest absolute Gasteiger partial charge is 0.260 e. The summed E-state index contributed by atoms with van der Waals surface area (Å²) in [5.41, 5.74) is 1.76. The minimum Gasteiger partial charge on any atom is -0.260 e. The summed E-state index contributed by atoms with van der Waals surface area (Å²) in [6.45, 7) is 1.90. The summed E-state index contributed by atoms with van der Waals surface area (Å²) in [5, 5.41) is 3.93. The number of nitrogens with zero attached hydrogens (tertiary/aromatic N) is 1. The molecule has 1 saturated heterocycles. The van der Waals surface area contributed by atoms with Gasteiger partial charge in [-0.15, -0.1) is 0 Å². The standard InChI is InChI=1S/C12H16N2O3S2/c1-10-2-4-12(5-3-10)19(16,17)14-13-11-6-8-18(15)9-7-11/h2-5,14H,6-9H2,1H3. The van der Waals surface area contributed by atoms with Crippen LogP contribution in [0.3, 0.4) is 0 Å². The normalized spacial score (nSPS) is 20.1. The molecule has 0 amide bonds. The lowest BCUT2D eigenvalue weighted by molar-refractivity contribution is 0.584. The molecule has 19 heavy (non-hydrogen) atoms. The molecule has 0 aromatic heterocycles. The van der Waals surface area contributed by atoms with Crippen LogP contribution in [0.5, 0.6) is 0 Å². The Bertz CT molecular complexity index is 594. The van der Waals surface area contributed by atoms with Crippen molar-refractivity contribution in [3.63, 3.8) is 0 Å². The van der Waals surface area contributed by atoms with Crippen molar-refractivity contribution in [2.24, 2.45) is 5.10 Å². The second kappa shape index (κ2) is 5.83. The van der Waals surface area contributed by atoms with E-state index in [0.717, 1.165) is 11.3 Å². The Morgan fingerprint density at radius 2 is 1.74 bits per heavy atom. The highest BCUT2D eigenvalue weighted by atomic mass is 32.2. The third kappa shape index (κ3) is 3.87. The SMILES string of the molecule is Cc1ccc(S(=O)(=O)NN=C2CCS(=O)CC2)cc1. The Morgan fingerprint density at radius 3 is 2.32 bits per heavy atom. The molecule has 1 N–H and O–H groups in total. The molecular formula is C12H16N2O3S2. The number of nitrogens with one attached hydrogen (secondary N) is 1. The van der Waals surface area contributed by atoms with Crippen LogP contribution in [0.25, 0.3) is 0 Å². The number of benzene rings is 1. The van der Waals surface area contributed by atoms with E-state index in [1.54, 1.807) is 24.3 Å². The van der Waals surface area contributed by atoms with Gasteiger partial charge in [-0.25, -0.2) is 4.83 Å². The summed E-state index contributed by atoms with van der Waals surface area (Å²) in [4.78, 5) is 2.44. The molecule has 0 spiro atoms. The molecule has 5 nitrogen and oxygen atoms in total. The molecule has 0 saturated carbocycles. The maximum Gasteiger partial charge on any atom is 0.276 e. The van der Waals surface area contributed by atoms with Crippen molar-refractivity contribution in [3.8, 4) is 0 Å². The van der Waals surface area contributed by atoms with Gasteiger partial charge in [0, 0.05) is 28.0 Å². The molecule has 1 heterocycles. The summed E-state index contributed by atoms with van der Waals surface area (Å²) in [6, 6.07) is 6.58. The Balaban J connectivity index is 2.07. The highest BCUT2D eigenvalue weighted by molar-refractivity contribution is 7.89. The third-order valence-electron chi connectivity index (χ3n) is 2.89. The fourth-order valence-electron chi connectivity index (χ4n) is 1.70. The maximum atomic E-state index is 12.0. The first-order chi connectivity index (χ1) is 8.97. The number of hydrogen-bond donors (Lipinski definition) is 1. The minimum absolute atomic E-state index is 0.196. The zero-order valence-electron chi connectivity index (χ0n) is 10.6. The van der Waals surface area contributed by atoms with Crippen LogP contribution in [0.2, 0.25) is 0 Å². The Hall–Kier alpha value is -1.21. The molecule has 1 fully saturated rings. The van der Waals surface area contributed by atoms with Crippen molar-refractivity contribution in [2.75, 3.05) is 11.5 Å². The van der Waals surface area contributed by atoms with E-state index >= 15 is 0 Å². The third-order valence-corrected chi connectivity index (χ3v) is 5.44. The van der Waals surface area contributed by atoms with Crippen LogP contribution in [0.15, 0.2) is 34.3 Å². The molecule has 0 aliphatic carbocycles. The highest BCUT2D eigenvalue weighted by Crippen LogP contribution is 2.11. The monoisotopic (exact) mass is 300 g/mol. The van der Waals surface area contributed by atoms with Gasteiger partial charge in [-0.05, 0) is 31.9 Å². The van der Waals surface area contributed by atoms with Crippen LogP contribution in [0.1, 0.15) is 18.4 Å². The number of hydrogen-bond acceptors (Lipinski definition) is 4. The summed E-state index contributed by atoms with van der Waals surface area (Å²) < 4.78 is 35.1.